The highest BCUT2D eigenvalue weighted by Gasteiger charge is 2.28. The first-order valence-electron chi connectivity index (χ1n) is 8.45. The van der Waals surface area contributed by atoms with Crippen LogP contribution >= 0.6 is 11.6 Å². The number of sulfonamides is 1. The minimum absolute atomic E-state index is 0.0857. The van der Waals surface area contributed by atoms with E-state index in [0.29, 0.717) is 22.9 Å². The third-order valence-electron chi connectivity index (χ3n) is 4.37. The zero-order valence-corrected chi connectivity index (χ0v) is 15.8. The SMILES string of the molecule is CC(C)CCS(=O)(=O)NCC(c1c(F)cccc1Cl)N1CCCC1. The Bertz CT molecular complexity index is 626. The predicted molar refractivity (Wildman–Crippen MR) is 96.2 cm³/mol. The van der Waals surface area contributed by atoms with Gasteiger partial charge >= 0.3 is 0 Å². The molecule has 1 aliphatic rings. The molecular formula is C17H26ClFN2O2S. The highest BCUT2D eigenvalue weighted by atomic mass is 35.5. The van der Waals surface area contributed by atoms with E-state index in [2.05, 4.69) is 9.62 Å². The van der Waals surface area contributed by atoms with Crippen LogP contribution in [0.25, 0.3) is 0 Å². The third-order valence-corrected chi connectivity index (χ3v) is 6.08. The van der Waals surface area contributed by atoms with Crippen LogP contribution in [0.1, 0.15) is 44.7 Å². The fraction of sp³-hybridized carbons (Fsp3) is 0.647. The van der Waals surface area contributed by atoms with Gasteiger partial charge < -0.3 is 0 Å². The van der Waals surface area contributed by atoms with Gasteiger partial charge in [-0.25, -0.2) is 17.5 Å². The minimum Gasteiger partial charge on any atom is -0.295 e. The van der Waals surface area contributed by atoms with Crippen molar-refractivity contribution in [3.8, 4) is 0 Å². The van der Waals surface area contributed by atoms with Gasteiger partial charge in [0.1, 0.15) is 5.82 Å². The molecular weight excluding hydrogens is 351 g/mol. The maximum absolute atomic E-state index is 14.3. The number of hydrogen-bond donors (Lipinski definition) is 1. The Morgan fingerprint density at radius 3 is 2.54 bits per heavy atom. The number of likely N-dealkylation sites (tertiary alicyclic amines) is 1. The minimum atomic E-state index is -3.38. The molecule has 1 aromatic rings. The number of nitrogens with one attached hydrogen (secondary N) is 1. The van der Waals surface area contributed by atoms with E-state index in [1.54, 1.807) is 12.1 Å². The lowest BCUT2D eigenvalue weighted by Crippen LogP contribution is -2.38. The molecule has 24 heavy (non-hydrogen) atoms. The summed E-state index contributed by atoms with van der Waals surface area (Å²) in [5.74, 6) is 0.0142. The molecule has 1 N–H and O–H groups in total. The second-order valence-electron chi connectivity index (χ2n) is 6.74. The maximum atomic E-state index is 14.3. The Balaban J connectivity index is 2.16. The van der Waals surface area contributed by atoms with Gasteiger partial charge in [-0.1, -0.05) is 31.5 Å². The summed E-state index contributed by atoms with van der Waals surface area (Å²) in [6, 6.07) is 4.21. The molecule has 1 saturated heterocycles. The van der Waals surface area contributed by atoms with Crippen LogP contribution in [0, 0.1) is 11.7 Å². The first kappa shape index (κ1) is 19.6. The summed E-state index contributed by atoms with van der Waals surface area (Å²) in [7, 11) is -3.38. The molecule has 0 aliphatic carbocycles. The average Bonchev–Trinajstić information content (AvgIpc) is 3.02. The monoisotopic (exact) mass is 376 g/mol. The summed E-state index contributed by atoms with van der Waals surface area (Å²) in [6.07, 6.45) is 2.66. The van der Waals surface area contributed by atoms with E-state index in [-0.39, 0.29) is 24.2 Å². The van der Waals surface area contributed by atoms with Crippen LogP contribution in [0.4, 0.5) is 4.39 Å². The molecule has 0 amide bonds. The van der Waals surface area contributed by atoms with E-state index in [4.69, 9.17) is 11.6 Å². The number of rotatable bonds is 8. The van der Waals surface area contributed by atoms with Gasteiger partial charge in [0.05, 0.1) is 11.8 Å². The Labute approximate surface area is 149 Å². The lowest BCUT2D eigenvalue weighted by molar-refractivity contribution is 0.241. The fourth-order valence-corrected chi connectivity index (χ4v) is 4.59. The van der Waals surface area contributed by atoms with Crippen LogP contribution in [0.3, 0.4) is 0 Å². The van der Waals surface area contributed by atoms with Gasteiger partial charge in [-0.05, 0) is 50.4 Å². The van der Waals surface area contributed by atoms with Gasteiger partial charge in [-0.3, -0.25) is 4.90 Å². The summed E-state index contributed by atoms with van der Waals surface area (Å²) >= 11 is 6.21. The van der Waals surface area contributed by atoms with E-state index in [1.807, 2.05) is 13.8 Å². The van der Waals surface area contributed by atoms with Crippen LogP contribution in [0.5, 0.6) is 0 Å². The standard InChI is InChI=1S/C17H26ClFN2O2S/c1-13(2)8-11-24(22,23)20-12-16(21-9-3-4-10-21)17-14(18)6-5-7-15(17)19/h5-7,13,16,20H,3-4,8-12H2,1-2H3. The van der Waals surface area contributed by atoms with Gasteiger partial charge in [-0.2, -0.15) is 0 Å². The molecule has 1 unspecified atom stereocenters. The van der Waals surface area contributed by atoms with E-state index in [0.717, 1.165) is 25.9 Å². The highest BCUT2D eigenvalue weighted by molar-refractivity contribution is 7.89. The zero-order valence-electron chi connectivity index (χ0n) is 14.3. The van der Waals surface area contributed by atoms with Crippen LogP contribution in [-0.4, -0.2) is 38.7 Å². The van der Waals surface area contributed by atoms with Crippen molar-refractivity contribution in [3.05, 3.63) is 34.6 Å². The second kappa shape index (κ2) is 8.61. The molecule has 0 bridgehead atoms. The molecule has 0 spiro atoms. The number of halogens is 2. The lowest BCUT2D eigenvalue weighted by Gasteiger charge is -2.29. The van der Waals surface area contributed by atoms with Gasteiger partial charge in [0.2, 0.25) is 10.0 Å². The van der Waals surface area contributed by atoms with Crippen molar-refractivity contribution < 1.29 is 12.8 Å². The van der Waals surface area contributed by atoms with Crippen molar-refractivity contribution in [2.75, 3.05) is 25.4 Å². The van der Waals surface area contributed by atoms with E-state index < -0.39 is 10.0 Å². The Morgan fingerprint density at radius 2 is 1.96 bits per heavy atom. The summed E-state index contributed by atoms with van der Waals surface area (Å²) < 4.78 is 41.4. The smallest absolute Gasteiger partial charge is 0.211 e. The quantitative estimate of drug-likeness (QED) is 0.754. The molecule has 1 fully saturated rings. The molecule has 1 aliphatic heterocycles. The van der Waals surface area contributed by atoms with Gasteiger partial charge in [0.15, 0.2) is 0 Å². The molecule has 4 nitrogen and oxygen atoms in total. The van der Waals surface area contributed by atoms with E-state index in [9.17, 15) is 12.8 Å². The van der Waals surface area contributed by atoms with Crippen LogP contribution < -0.4 is 4.72 Å². The largest absolute Gasteiger partial charge is 0.295 e. The molecule has 0 aromatic heterocycles. The molecule has 1 heterocycles. The van der Waals surface area contributed by atoms with Crippen molar-refractivity contribution in [3.63, 3.8) is 0 Å². The predicted octanol–water partition coefficient (Wildman–Crippen LogP) is 3.58. The normalized spacial score (nSPS) is 17.5. The highest BCUT2D eigenvalue weighted by Crippen LogP contribution is 2.32. The van der Waals surface area contributed by atoms with Crippen molar-refractivity contribution in [1.29, 1.82) is 0 Å². The summed E-state index contributed by atoms with van der Waals surface area (Å²) in [6.45, 7) is 5.76. The summed E-state index contributed by atoms with van der Waals surface area (Å²) in [4.78, 5) is 2.11. The first-order chi connectivity index (χ1) is 11.3. The van der Waals surface area contributed by atoms with Crippen molar-refractivity contribution >= 4 is 21.6 Å². The topological polar surface area (TPSA) is 49.4 Å². The van der Waals surface area contributed by atoms with Crippen molar-refractivity contribution in [1.82, 2.24) is 9.62 Å². The van der Waals surface area contributed by atoms with Crippen LogP contribution in [-0.2, 0) is 10.0 Å². The van der Waals surface area contributed by atoms with Crippen LogP contribution in [0.15, 0.2) is 18.2 Å². The van der Waals surface area contributed by atoms with Crippen molar-refractivity contribution in [2.24, 2.45) is 5.92 Å². The molecule has 0 saturated carbocycles. The van der Waals surface area contributed by atoms with Gasteiger partial charge in [0.25, 0.3) is 0 Å². The fourth-order valence-electron chi connectivity index (χ4n) is 2.96. The zero-order chi connectivity index (χ0) is 17.7. The molecule has 2 rings (SSSR count). The number of nitrogens with zero attached hydrogens (tertiary/aromatic N) is 1. The molecule has 1 atom stereocenters. The lowest BCUT2D eigenvalue weighted by atomic mass is 10.0. The second-order valence-corrected chi connectivity index (χ2v) is 9.08. The summed E-state index contributed by atoms with van der Waals surface area (Å²) in [5, 5.41) is 0.341. The number of hydrogen-bond acceptors (Lipinski definition) is 3. The molecule has 7 heteroatoms. The van der Waals surface area contributed by atoms with E-state index >= 15 is 0 Å². The van der Waals surface area contributed by atoms with Gasteiger partial charge in [0, 0.05) is 17.1 Å². The van der Waals surface area contributed by atoms with Crippen molar-refractivity contribution in [2.45, 2.75) is 39.2 Å². The van der Waals surface area contributed by atoms with Gasteiger partial charge in [-0.15, -0.1) is 0 Å². The van der Waals surface area contributed by atoms with E-state index in [1.165, 1.54) is 6.07 Å². The Kier molecular flexibility index (Phi) is 7.04. The Morgan fingerprint density at radius 1 is 1.29 bits per heavy atom. The summed E-state index contributed by atoms with van der Waals surface area (Å²) in [5.41, 5.74) is 0.382. The Hall–Kier alpha value is -0.690. The molecule has 136 valence electrons. The molecule has 0 radical (unpaired) electrons. The maximum Gasteiger partial charge on any atom is 0.211 e. The third kappa shape index (κ3) is 5.41. The first-order valence-corrected chi connectivity index (χ1v) is 10.5. The molecule has 1 aromatic carbocycles. The average molecular weight is 377 g/mol. The van der Waals surface area contributed by atoms with Crippen LogP contribution in [0.2, 0.25) is 5.02 Å². The number of benzene rings is 1.